The van der Waals surface area contributed by atoms with E-state index in [1.165, 1.54) is 0 Å². The van der Waals surface area contributed by atoms with Gasteiger partial charge in [-0.2, -0.15) is 0 Å². The fraction of sp³-hybridized carbons (Fsp3) is 0.556. The van der Waals surface area contributed by atoms with Crippen molar-refractivity contribution >= 4 is 11.8 Å². The summed E-state index contributed by atoms with van der Waals surface area (Å²) in [6.45, 7) is 5.14. The Kier molecular flexibility index (Phi) is 8.80. The van der Waals surface area contributed by atoms with Crippen LogP contribution in [-0.4, -0.2) is 25.5 Å². The van der Waals surface area contributed by atoms with Crippen LogP contribution >= 0.6 is 0 Å². The summed E-state index contributed by atoms with van der Waals surface area (Å²) in [5.74, 6) is 0.0448. The number of nitrogens with one attached hydrogen (secondary N) is 2. The maximum Gasteiger partial charge on any atom is 0.309 e. The number of carbonyl (C=O) groups is 2. The molecular weight excluding hydrogens is 292 g/mol. The number of methoxy groups -OCH3 is 1. The highest BCUT2D eigenvalue weighted by molar-refractivity contribution is 6.35. The van der Waals surface area contributed by atoms with Crippen LogP contribution in [0.5, 0.6) is 5.75 Å². The molecule has 0 aliphatic rings. The van der Waals surface area contributed by atoms with Gasteiger partial charge in [-0.1, -0.05) is 45.2 Å². The van der Waals surface area contributed by atoms with Crippen LogP contribution < -0.4 is 15.4 Å². The summed E-state index contributed by atoms with van der Waals surface area (Å²) in [4.78, 5) is 23.6. The van der Waals surface area contributed by atoms with Crippen molar-refractivity contribution in [2.75, 3.05) is 13.7 Å². The fourth-order valence-electron chi connectivity index (χ4n) is 2.27. The molecule has 1 aromatic rings. The third kappa shape index (κ3) is 7.17. The second kappa shape index (κ2) is 10.6. The Balaban J connectivity index is 2.33. The molecule has 0 aromatic heterocycles. The van der Waals surface area contributed by atoms with Crippen molar-refractivity contribution in [3.8, 4) is 5.75 Å². The van der Waals surface area contributed by atoms with Gasteiger partial charge in [-0.25, -0.2) is 0 Å². The summed E-state index contributed by atoms with van der Waals surface area (Å²) in [6, 6.07) is 7.35. The predicted octanol–water partition coefficient (Wildman–Crippen LogP) is 2.64. The molecule has 128 valence electrons. The quantitative estimate of drug-likeness (QED) is 0.687. The molecule has 0 aliphatic carbocycles. The molecule has 1 rings (SSSR count). The van der Waals surface area contributed by atoms with E-state index < -0.39 is 11.8 Å². The number of carbonyl (C=O) groups excluding carboxylic acids is 2. The van der Waals surface area contributed by atoms with Gasteiger partial charge in [0.25, 0.3) is 0 Å². The van der Waals surface area contributed by atoms with E-state index in [1.54, 1.807) is 7.11 Å². The molecule has 0 bridgehead atoms. The Morgan fingerprint density at radius 3 is 2.30 bits per heavy atom. The molecule has 23 heavy (non-hydrogen) atoms. The highest BCUT2D eigenvalue weighted by Crippen LogP contribution is 2.12. The minimum absolute atomic E-state index is 0.323. The molecule has 2 amide bonds. The van der Waals surface area contributed by atoms with Crippen LogP contribution in [0.15, 0.2) is 24.3 Å². The molecule has 1 aromatic carbocycles. The number of hydrogen-bond donors (Lipinski definition) is 2. The summed E-state index contributed by atoms with van der Waals surface area (Å²) >= 11 is 0. The average Bonchev–Trinajstić information content (AvgIpc) is 2.60. The Morgan fingerprint density at radius 1 is 1.09 bits per heavy atom. The summed E-state index contributed by atoms with van der Waals surface area (Å²) in [7, 11) is 1.60. The van der Waals surface area contributed by atoms with Gasteiger partial charge < -0.3 is 15.4 Å². The summed E-state index contributed by atoms with van der Waals surface area (Å²) in [5, 5.41) is 5.36. The first-order chi connectivity index (χ1) is 11.1. The standard InChI is InChI=1S/C18H28N2O3/c1-4-6-7-14(5-2)12-19-17(21)18(22)20-13-15-8-10-16(23-3)11-9-15/h8-11,14H,4-7,12-13H2,1-3H3,(H,19,21)(H,20,22)/t14-/m1/s1. The van der Waals surface area contributed by atoms with Crippen LogP contribution in [0.1, 0.15) is 45.1 Å². The van der Waals surface area contributed by atoms with Crippen LogP contribution in [0.2, 0.25) is 0 Å². The van der Waals surface area contributed by atoms with E-state index in [-0.39, 0.29) is 0 Å². The molecule has 0 aliphatic heterocycles. The van der Waals surface area contributed by atoms with Crippen molar-refractivity contribution in [2.45, 2.75) is 46.1 Å². The fourth-order valence-corrected chi connectivity index (χ4v) is 2.27. The summed E-state index contributed by atoms with van der Waals surface area (Å²) in [5.41, 5.74) is 0.918. The lowest BCUT2D eigenvalue weighted by Crippen LogP contribution is -2.41. The lowest BCUT2D eigenvalue weighted by molar-refractivity contribution is -0.139. The number of ether oxygens (including phenoxy) is 1. The second-order valence-corrected chi connectivity index (χ2v) is 5.66. The van der Waals surface area contributed by atoms with Gasteiger partial charge in [-0.3, -0.25) is 9.59 Å². The van der Waals surface area contributed by atoms with E-state index in [1.807, 2.05) is 24.3 Å². The van der Waals surface area contributed by atoms with E-state index in [4.69, 9.17) is 4.74 Å². The molecule has 5 nitrogen and oxygen atoms in total. The van der Waals surface area contributed by atoms with Gasteiger partial charge in [-0.15, -0.1) is 0 Å². The van der Waals surface area contributed by atoms with Crippen LogP contribution in [0.25, 0.3) is 0 Å². The number of rotatable bonds is 9. The van der Waals surface area contributed by atoms with Gasteiger partial charge in [-0.05, 0) is 30.0 Å². The zero-order chi connectivity index (χ0) is 17.1. The lowest BCUT2D eigenvalue weighted by Gasteiger charge is -2.15. The molecule has 0 radical (unpaired) electrons. The lowest BCUT2D eigenvalue weighted by atomic mass is 9.99. The molecule has 0 saturated heterocycles. The third-order valence-corrected chi connectivity index (χ3v) is 3.91. The summed E-state index contributed by atoms with van der Waals surface area (Å²) < 4.78 is 5.07. The monoisotopic (exact) mass is 320 g/mol. The van der Waals surface area contributed by atoms with Crippen molar-refractivity contribution in [1.82, 2.24) is 10.6 Å². The third-order valence-electron chi connectivity index (χ3n) is 3.91. The van der Waals surface area contributed by atoms with E-state index in [0.29, 0.717) is 19.0 Å². The molecule has 0 heterocycles. The SMILES string of the molecule is CCCC[C@@H](CC)CNC(=O)C(=O)NCc1ccc(OC)cc1. The second-order valence-electron chi connectivity index (χ2n) is 5.66. The largest absolute Gasteiger partial charge is 0.497 e. The smallest absolute Gasteiger partial charge is 0.309 e. The van der Waals surface area contributed by atoms with E-state index in [2.05, 4.69) is 24.5 Å². The van der Waals surface area contributed by atoms with Crippen molar-refractivity contribution in [2.24, 2.45) is 5.92 Å². The number of unbranched alkanes of at least 4 members (excludes halogenated alkanes) is 1. The normalized spacial score (nSPS) is 11.6. The van der Waals surface area contributed by atoms with Gasteiger partial charge in [0.2, 0.25) is 0 Å². The van der Waals surface area contributed by atoms with Gasteiger partial charge in [0.1, 0.15) is 5.75 Å². The molecule has 0 unspecified atom stereocenters. The van der Waals surface area contributed by atoms with E-state index >= 15 is 0 Å². The van der Waals surface area contributed by atoms with Crippen LogP contribution in [0.4, 0.5) is 0 Å². The molecule has 0 fully saturated rings. The van der Waals surface area contributed by atoms with Crippen molar-refractivity contribution in [3.05, 3.63) is 29.8 Å². The Hall–Kier alpha value is -2.04. The minimum Gasteiger partial charge on any atom is -0.497 e. The first-order valence-corrected chi connectivity index (χ1v) is 8.29. The van der Waals surface area contributed by atoms with Crippen LogP contribution in [-0.2, 0) is 16.1 Å². The Labute approximate surface area is 138 Å². The topological polar surface area (TPSA) is 67.4 Å². The molecular formula is C18H28N2O3. The molecule has 0 spiro atoms. The minimum atomic E-state index is -0.592. The zero-order valence-corrected chi connectivity index (χ0v) is 14.4. The number of benzene rings is 1. The van der Waals surface area contributed by atoms with Crippen LogP contribution in [0.3, 0.4) is 0 Å². The molecule has 1 atom stereocenters. The van der Waals surface area contributed by atoms with Crippen molar-refractivity contribution < 1.29 is 14.3 Å². The highest BCUT2D eigenvalue weighted by atomic mass is 16.5. The maximum absolute atomic E-state index is 11.8. The maximum atomic E-state index is 11.8. The first-order valence-electron chi connectivity index (χ1n) is 8.29. The molecule has 5 heteroatoms. The first kappa shape index (κ1) is 19.0. The van der Waals surface area contributed by atoms with Crippen molar-refractivity contribution in [1.29, 1.82) is 0 Å². The van der Waals surface area contributed by atoms with Gasteiger partial charge in [0.05, 0.1) is 7.11 Å². The highest BCUT2D eigenvalue weighted by Gasteiger charge is 2.14. The Bertz CT molecular complexity index is 486. The molecule has 0 saturated carbocycles. The number of amides is 2. The predicted molar refractivity (Wildman–Crippen MR) is 91.2 cm³/mol. The van der Waals surface area contributed by atoms with E-state index in [0.717, 1.165) is 37.0 Å². The number of hydrogen-bond acceptors (Lipinski definition) is 3. The van der Waals surface area contributed by atoms with E-state index in [9.17, 15) is 9.59 Å². The van der Waals surface area contributed by atoms with Gasteiger partial charge in [0, 0.05) is 13.1 Å². The molecule has 2 N–H and O–H groups in total. The summed E-state index contributed by atoms with van der Waals surface area (Å²) in [6.07, 6.45) is 4.39. The zero-order valence-electron chi connectivity index (χ0n) is 14.4. The average molecular weight is 320 g/mol. The van der Waals surface area contributed by atoms with Gasteiger partial charge in [0.15, 0.2) is 0 Å². The van der Waals surface area contributed by atoms with Crippen molar-refractivity contribution in [3.63, 3.8) is 0 Å². The van der Waals surface area contributed by atoms with Crippen LogP contribution in [0, 0.1) is 5.92 Å². The Morgan fingerprint density at radius 2 is 1.74 bits per heavy atom. The van der Waals surface area contributed by atoms with Gasteiger partial charge >= 0.3 is 11.8 Å².